The minimum atomic E-state index is -1.08. The molecule has 1 aromatic carbocycles. The lowest BCUT2D eigenvalue weighted by Gasteiger charge is -2.21. The van der Waals surface area contributed by atoms with Crippen molar-refractivity contribution < 1.29 is 14.0 Å². The van der Waals surface area contributed by atoms with Gasteiger partial charge in [-0.25, -0.2) is 4.79 Å². The molecule has 3 amide bonds. The predicted octanol–water partition coefficient (Wildman–Crippen LogP) is 1.35. The van der Waals surface area contributed by atoms with Crippen LogP contribution in [0.4, 0.5) is 4.79 Å². The van der Waals surface area contributed by atoms with Crippen molar-refractivity contribution in [2.24, 2.45) is 0 Å². The average molecular weight is 286 g/mol. The zero-order valence-electron chi connectivity index (χ0n) is 11.7. The maximum Gasteiger partial charge on any atom is 0.325 e. The van der Waals surface area contributed by atoms with Crippen molar-refractivity contribution in [2.45, 2.75) is 25.9 Å². The van der Waals surface area contributed by atoms with Gasteiger partial charge in [0.05, 0.1) is 0 Å². The van der Waals surface area contributed by atoms with E-state index in [1.165, 1.54) is 0 Å². The number of benzene rings is 1. The Balaban J connectivity index is 1.88. The number of hydrogen-bond donors (Lipinski definition) is 1. The SMILES string of the molecule is Cc1nnc(CN2C(=O)NC(C)(c3ccccc3)C2=O)o1. The zero-order chi connectivity index (χ0) is 15.0. The molecule has 0 radical (unpaired) electrons. The highest BCUT2D eigenvalue weighted by Gasteiger charge is 2.49. The smallest absolute Gasteiger partial charge is 0.325 e. The van der Waals surface area contributed by atoms with Gasteiger partial charge in [0, 0.05) is 6.92 Å². The normalized spacial score (nSPS) is 21.7. The van der Waals surface area contributed by atoms with Crippen molar-refractivity contribution in [3.63, 3.8) is 0 Å². The quantitative estimate of drug-likeness (QED) is 0.860. The lowest BCUT2D eigenvalue weighted by atomic mass is 9.92. The number of urea groups is 1. The second kappa shape index (κ2) is 4.69. The molecule has 2 heterocycles. The van der Waals surface area contributed by atoms with Crippen LogP contribution in [0.25, 0.3) is 0 Å². The van der Waals surface area contributed by atoms with E-state index in [9.17, 15) is 9.59 Å². The molecule has 1 aliphatic rings. The van der Waals surface area contributed by atoms with E-state index in [4.69, 9.17) is 4.42 Å². The molecule has 7 heteroatoms. The number of rotatable bonds is 3. The zero-order valence-corrected chi connectivity index (χ0v) is 11.7. The Hall–Kier alpha value is -2.70. The first kappa shape index (κ1) is 13.3. The van der Waals surface area contributed by atoms with Gasteiger partial charge in [-0.05, 0) is 12.5 Å². The van der Waals surface area contributed by atoms with Crippen LogP contribution in [-0.2, 0) is 16.9 Å². The van der Waals surface area contributed by atoms with Crippen molar-refractivity contribution in [1.82, 2.24) is 20.4 Å². The van der Waals surface area contributed by atoms with Crippen LogP contribution in [0.15, 0.2) is 34.7 Å². The predicted molar refractivity (Wildman–Crippen MR) is 71.9 cm³/mol. The summed E-state index contributed by atoms with van der Waals surface area (Å²) in [6.07, 6.45) is 0. The Morgan fingerprint density at radius 2 is 1.95 bits per heavy atom. The number of carbonyl (C=O) groups is 2. The summed E-state index contributed by atoms with van der Waals surface area (Å²) in [6, 6.07) is 8.64. The second-order valence-electron chi connectivity index (χ2n) is 5.03. The molecular weight excluding hydrogens is 272 g/mol. The molecule has 2 aromatic rings. The van der Waals surface area contributed by atoms with E-state index >= 15 is 0 Å². The molecule has 1 unspecified atom stereocenters. The van der Waals surface area contributed by atoms with Crippen LogP contribution in [0.5, 0.6) is 0 Å². The van der Waals surface area contributed by atoms with E-state index in [0.717, 1.165) is 10.5 Å². The van der Waals surface area contributed by atoms with Gasteiger partial charge in [0.25, 0.3) is 5.91 Å². The molecule has 108 valence electrons. The van der Waals surface area contributed by atoms with E-state index in [1.807, 2.05) is 18.2 Å². The Morgan fingerprint density at radius 3 is 2.57 bits per heavy atom. The Labute approximate surface area is 121 Å². The lowest BCUT2D eigenvalue weighted by molar-refractivity contribution is -0.131. The monoisotopic (exact) mass is 286 g/mol. The molecule has 0 spiro atoms. The molecule has 3 rings (SSSR count). The molecular formula is C14H14N4O3. The number of carbonyl (C=O) groups excluding carboxylic acids is 2. The molecule has 0 saturated carbocycles. The maximum atomic E-state index is 12.6. The molecule has 1 fully saturated rings. The van der Waals surface area contributed by atoms with Crippen molar-refractivity contribution in [3.05, 3.63) is 47.7 Å². The topological polar surface area (TPSA) is 88.3 Å². The fraction of sp³-hybridized carbons (Fsp3) is 0.286. The van der Waals surface area contributed by atoms with Crippen molar-refractivity contribution >= 4 is 11.9 Å². The summed E-state index contributed by atoms with van der Waals surface area (Å²) >= 11 is 0. The Bertz CT molecular complexity index is 697. The molecule has 0 bridgehead atoms. The fourth-order valence-corrected chi connectivity index (χ4v) is 2.34. The maximum absolute atomic E-state index is 12.6. The first-order valence-electron chi connectivity index (χ1n) is 6.49. The van der Waals surface area contributed by atoms with Crippen molar-refractivity contribution in [1.29, 1.82) is 0 Å². The molecule has 1 saturated heterocycles. The molecule has 21 heavy (non-hydrogen) atoms. The third-order valence-electron chi connectivity index (χ3n) is 3.49. The number of aromatic nitrogens is 2. The van der Waals surface area contributed by atoms with Gasteiger partial charge >= 0.3 is 6.03 Å². The standard InChI is InChI=1S/C14H14N4O3/c1-9-16-17-11(21-9)8-18-12(19)14(2,15-13(18)20)10-6-4-3-5-7-10/h3-7H,8H2,1-2H3,(H,15,20). The minimum absolute atomic E-state index is 0.0338. The van der Waals surface area contributed by atoms with Gasteiger partial charge in [0.15, 0.2) is 0 Å². The summed E-state index contributed by atoms with van der Waals surface area (Å²) in [5.41, 5.74) is -0.347. The number of nitrogens with zero attached hydrogens (tertiary/aromatic N) is 3. The molecule has 1 aromatic heterocycles. The first-order chi connectivity index (χ1) is 10.0. The van der Waals surface area contributed by atoms with Crippen LogP contribution < -0.4 is 5.32 Å². The number of imide groups is 1. The van der Waals surface area contributed by atoms with E-state index in [1.54, 1.807) is 26.0 Å². The fourth-order valence-electron chi connectivity index (χ4n) is 2.34. The summed E-state index contributed by atoms with van der Waals surface area (Å²) < 4.78 is 5.22. The van der Waals surface area contributed by atoms with Crippen molar-refractivity contribution in [3.8, 4) is 0 Å². The van der Waals surface area contributed by atoms with Crippen LogP contribution in [0, 0.1) is 6.92 Å². The Kier molecular flexibility index (Phi) is 2.97. The highest BCUT2D eigenvalue weighted by molar-refractivity contribution is 6.07. The summed E-state index contributed by atoms with van der Waals surface area (Å²) in [5.74, 6) is 0.283. The van der Waals surface area contributed by atoms with E-state index < -0.39 is 11.6 Å². The van der Waals surface area contributed by atoms with Crippen LogP contribution in [0.3, 0.4) is 0 Å². The first-order valence-corrected chi connectivity index (χ1v) is 6.49. The average Bonchev–Trinajstić information content (AvgIpc) is 2.98. The summed E-state index contributed by atoms with van der Waals surface area (Å²) in [5, 5.41) is 10.2. The summed E-state index contributed by atoms with van der Waals surface area (Å²) in [6.45, 7) is 3.30. The van der Waals surface area contributed by atoms with Gasteiger partial charge in [-0.1, -0.05) is 30.3 Å². The lowest BCUT2D eigenvalue weighted by Crippen LogP contribution is -2.40. The number of aryl methyl sites for hydroxylation is 1. The van der Waals surface area contributed by atoms with E-state index in [-0.39, 0.29) is 18.3 Å². The molecule has 7 nitrogen and oxygen atoms in total. The number of hydrogen-bond acceptors (Lipinski definition) is 5. The Morgan fingerprint density at radius 1 is 1.24 bits per heavy atom. The highest BCUT2D eigenvalue weighted by atomic mass is 16.4. The highest BCUT2D eigenvalue weighted by Crippen LogP contribution is 2.29. The summed E-state index contributed by atoms with van der Waals surface area (Å²) in [7, 11) is 0. The van der Waals surface area contributed by atoms with Gasteiger partial charge in [0.1, 0.15) is 12.1 Å². The number of amides is 3. The van der Waals surface area contributed by atoms with Gasteiger partial charge in [-0.15, -0.1) is 10.2 Å². The van der Waals surface area contributed by atoms with Gasteiger partial charge in [-0.3, -0.25) is 9.69 Å². The minimum Gasteiger partial charge on any atom is -0.424 e. The molecule has 0 aliphatic carbocycles. The van der Waals surface area contributed by atoms with Crippen molar-refractivity contribution in [2.75, 3.05) is 0 Å². The largest absolute Gasteiger partial charge is 0.424 e. The molecule has 1 aliphatic heterocycles. The third kappa shape index (κ3) is 2.16. The van der Waals surface area contributed by atoms with E-state index in [0.29, 0.717) is 5.89 Å². The van der Waals surface area contributed by atoms with Crippen LogP contribution in [0.1, 0.15) is 24.3 Å². The van der Waals surface area contributed by atoms with Crippen LogP contribution in [-0.4, -0.2) is 27.0 Å². The van der Waals surface area contributed by atoms with Crippen LogP contribution in [0.2, 0.25) is 0 Å². The third-order valence-corrected chi connectivity index (χ3v) is 3.49. The second-order valence-corrected chi connectivity index (χ2v) is 5.03. The number of nitrogens with one attached hydrogen (secondary N) is 1. The van der Waals surface area contributed by atoms with Gasteiger partial charge in [0.2, 0.25) is 11.8 Å². The van der Waals surface area contributed by atoms with Gasteiger partial charge < -0.3 is 9.73 Å². The van der Waals surface area contributed by atoms with Gasteiger partial charge in [-0.2, -0.15) is 0 Å². The summed E-state index contributed by atoms with van der Waals surface area (Å²) in [4.78, 5) is 25.8. The molecule has 1 N–H and O–H groups in total. The van der Waals surface area contributed by atoms with Crippen LogP contribution >= 0.6 is 0 Å². The van der Waals surface area contributed by atoms with E-state index in [2.05, 4.69) is 15.5 Å². The molecule has 1 atom stereocenters.